The fourth-order valence-corrected chi connectivity index (χ4v) is 3.17. The van der Waals surface area contributed by atoms with Crippen LogP contribution in [0.15, 0.2) is 72.3 Å². The molecule has 0 radical (unpaired) electrons. The highest BCUT2D eigenvalue weighted by Crippen LogP contribution is 2.27. The van der Waals surface area contributed by atoms with Gasteiger partial charge in [0.15, 0.2) is 0 Å². The Morgan fingerprint density at radius 3 is 2.45 bits per heavy atom. The van der Waals surface area contributed by atoms with Gasteiger partial charge in [-0.2, -0.15) is 0 Å². The summed E-state index contributed by atoms with van der Waals surface area (Å²) in [5.41, 5.74) is 0.111. The Bertz CT molecular complexity index is 1230. The van der Waals surface area contributed by atoms with Crippen LogP contribution in [0.5, 0.6) is 0 Å². The van der Waals surface area contributed by atoms with Gasteiger partial charge >= 0.3 is 6.03 Å². The highest BCUT2D eigenvalue weighted by atomic mass is 16.6. The molecular weight excluding hydrogens is 374 g/mol. The van der Waals surface area contributed by atoms with Crippen molar-refractivity contribution in [3.63, 3.8) is 0 Å². The maximum atomic E-state index is 13.0. The van der Waals surface area contributed by atoms with Crippen molar-refractivity contribution in [2.45, 2.75) is 0 Å². The van der Waals surface area contributed by atoms with Crippen LogP contribution in [0.25, 0.3) is 16.8 Å². The second-order valence-electron chi connectivity index (χ2n) is 6.30. The highest BCUT2D eigenvalue weighted by molar-refractivity contribution is 6.39. The zero-order valence-electron chi connectivity index (χ0n) is 14.9. The molecule has 0 bridgehead atoms. The standard InChI is InChI=1S/C21H13N3O5/c25-19-18(11-14-7-3-6-13-5-1-2-10-17(13)14)20(26)23(21(27)22-19)15-8-4-9-16(12-15)24(28)29/h1-12H,(H,22,25,27). The Hall–Kier alpha value is -4.33. The number of imide groups is 2. The Kier molecular flexibility index (Phi) is 4.36. The van der Waals surface area contributed by atoms with Gasteiger partial charge in [0.05, 0.1) is 10.6 Å². The molecule has 0 saturated carbocycles. The maximum absolute atomic E-state index is 13.0. The Morgan fingerprint density at radius 1 is 0.931 bits per heavy atom. The number of urea groups is 1. The molecule has 142 valence electrons. The fraction of sp³-hybridized carbons (Fsp3) is 0. The molecule has 1 heterocycles. The van der Waals surface area contributed by atoms with E-state index < -0.39 is 22.8 Å². The van der Waals surface area contributed by atoms with E-state index in [0.29, 0.717) is 10.5 Å². The Balaban J connectivity index is 1.80. The normalized spacial score (nSPS) is 15.7. The molecule has 3 aromatic rings. The number of benzene rings is 3. The van der Waals surface area contributed by atoms with Gasteiger partial charge in [-0.1, -0.05) is 48.5 Å². The molecule has 8 heteroatoms. The van der Waals surface area contributed by atoms with E-state index in [-0.39, 0.29) is 16.9 Å². The lowest BCUT2D eigenvalue weighted by Gasteiger charge is -2.26. The summed E-state index contributed by atoms with van der Waals surface area (Å²) in [6, 6.07) is 17.1. The van der Waals surface area contributed by atoms with Gasteiger partial charge in [-0.3, -0.25) is 25.0 Å². The van der Waals surface area contributed by atoms with Gasteiger partial charge in [-0.25, -0.2) is 9.69 Å². The van der Waals surface area contributed by atoms with Crippen LogP contribution in [0.2, 0.25) is 0 Å². The fourth-order valence-electron chi connectivity index (χ4n) is 3.17. The van der Waals surface area contributed by atoms with Crippen LogP contribution in [-0.4, -0.2) is 22.8 Å². The third kappa shape index (κ3) is 3.23. The summed E-state index contributed by atoms with van der Waals surface area (Å²) < 4.78 is 0. The average Bonchev–Trinajstić information content (AvgIpc) is 2.71. The molecule has 0 unspecified atom stereocenters. The Morgan fingerprint density at radius 2 is 1.66 bits per heavy atom. The first kappa shape index (κ1) is 18.1. The lowest BCUT2D eigenvalue weighted by atomic mass is 10.0. The minimum absolute atomic E-state index is 0.00183. The van der Waals surface area contributed by atoms with Crippen LogP contribution in [0.3, 0.4) is 0 Å². The number of fused-ring (bicyclic) bond motifs is 1. The van der Waals surface area contributed by atoms with Gasteiger partial charge in [0.2, 0.25) is 0 Å². The van der Waals surface area contributed by atoms with Gasteiger partial charge in [0.25, 0.3) is 17.5 Å². The molecule has 1 aliphatic rings. The number of amides is 4. The first-order chi connectivity index (χ1) is 14.0. The molecule has 0 aliphatic carbocycles. The van der Waals surface area contributed by atoms with E-state index in [9.17, 15) is 24.5 Å². The van der Waals surface area contributed by atoms with E-state index in [4.69, 9.17) is 0 Å². The largest absolute Gasteiger partial charge is 0.335 e. The summed E-state index contributed by atoms with van der Waals surface area (Å²) in [5, 5.41) is 14.9. The smallest absolute Gasteiger partial charge is 0.273 e. The second-order valence-corrected chi connectivity index (χ2v) is 6.30. The van der Waals surface area contributed by atoms with Crippen LogP contribution in [0.1, 0.15) is 5.56 Å². The maximum Gasteiger partial charge on any atom is 0.335 e. The molecule has 0 aromatic heterocycles. The van der Waals surface area contributed by atoms with Crippen LogP contribution in [-0.2, 0) is 9.59 Å². The van der Waals surface area contributed by atoms with Crippen molar-refractivity contribution in [3.8, 4) is 0 Å². The second kappa shape index (κ2) is 7.01. The first-order valence-electron chi connectivity index (χ1n) is 8.59. The average molecular weight is 387 g/mol. The van der Waals surface area contributed by atoms with E-state index >= 15 is 0 Å². The zero-order valence-corrected chi connectivity index (χ0v) is 14.9. The number of non-ortho nitro benzene ring substituents is 1. The van der Waals surface area contributed by atoms with Crippen molar-refractivity contribution in [1.82, 2.24) is 5.32 Å². The number of nitrogens with zero attached hydrogens (tertiary/aromatic N) is 2. The molecule has 1 fully saturated rings. The van der Waals surface area contributed by atoms with Gasteiger partial charge in [-0.05, 0) is 28.5 Å². The SMILES string of the molecule is O=C1NC(=O)N(c2cccc([N+](=O)[O-])c2)C(=O)C1=Cc1cccc2ccccc12. The predicted molar refractivity (Wildman–Crippen MR) is 106 cm³/mol. The molecular formula is C21H13N3O5. The number of rotatable bonds is 3. The number of carbonyl (C=O) groups is 3. The number of hydrogen-bond donors (Lipinski definition) is 1. The van der Waals surface area contributed by atoms with Crippen LogP contribution in [0.4, 0.5) is 16.2 Å². The lowest BCUT2D eigenvalue weighted by Crippen LogP contribution is -2.54. The molecule has 1 aliphatic heterocycles. The van der Waals surface area contributed by atoms with Crippen LogP contribution in [0, 0.1) is 10.1 Å². The van der Waals surface area contributed by atoms with Crippen LogP contribution >= 0.6 is 0 Å². The van der Waals surface area contributed by atoms with Crippen molar-refractivity contribution in [1.29, 1.82) is 0 Å². The van der Waals surface area contributed by atoms with Gasteiger partial charge in [-0.15, -0.1) is 0 Å². The van der Waals surface area contributed by atoms with Crippen LogP contribution < -0.4 is 10.2 Å². The molecule has 1 saturated heterocycles. The minimum Gasteiger partial charge on any atom is -0.273 e. The number of carbonyl (C=O) groups excluding carboxylic acids is 3. The summed E-state index contributed by atoms with van der Waals surface area (Å²) in [4.78, 5) is 48.7. The number of hydrogen-bond acceptors (Lipinski definition) is 5. The van der Waals surface area contributed by atoms with E-state index in [1.807, 2.05) is 30.3 Å². The lowest BCUT2D eigenvalue weighted by molar-refractivity contribution is -0.384. The van der Waals surface area contributed by atoms with Gasteiger partial charge in [0, 0.05) is 12.1 Å². The number of nitro benzene ring substituents is 1. The minimum atomic E-state index is -0.962. The molecule has 3 aromatic carbocycles. The summed E-state index contributed by atoms with van der Waals surface area (Å²) in [7, 11) is 0. The molecule has 4 rings (SSSR count). The number of nitro groups is 1. The first-order valence-corrected chi connectivity index (χ1v) is 8.59. The Labute approximate surface area is 164 Å². The molecule has 4 amide bonds. The van der Waals surface area contributed by atoms with Crippen molar-refractivity contribution in [3.05, 3.63) is 88.0 Å². The van der Waals surface area contributed by atoms with Crippen molar-refractivity contribution < 1.29 is 19.3 Å². The summed E-state index contributed by atoms with van der Waals surface area (Å²) in [5.74, 6) is -1.68. The predicted octanol–water partition coefficient (Wildman–Crippen LogP) is 3.41. The number of anilines is 1. The van der Waals surface area contributed by atoms with Crippen molar-refractivity contribution in [2.75, 3.05) is 4.90 Å². The number of barbiturate groups is 1. The van der Waals surface area contributed by atoms with E-state index in [0.717, 1.165) is 16.8 Å². The van der Waals surface area contributed by atoms with Gasteiger partial charge < -0.3 is 0 Å². The zero-order chi connectivity index (χ0) is 20.5. The van der Waals surface area contributed by atoms with Crippen molar-refractivity contribution >= 4 is 46.1 Å². The molecule has 0 atom stereocenters. The van der Waals surface area contributed by atoms with Gasteiger partial charge in [0.1, 0.15) is 5.57 Å². The monoisotopic (exact) mass is 387 g/mol. The molecule has 29 heavy (non-hydrogen) atoms. The summed E-state index contributed by atoms with van der Waals surface area (Å²) in [6.45, 7) is 0. The topological polar surface area (TPSA) is 110 Å². The van der Waals surface area contributed by atoms with E-state index in [1.165, 1.54) is 24.3 Å². The number of nitrogens with one attached hydrogen (secondary N) is 1. The quantitative estimate of drug-likeness (QED) is 0.320. The third-order valence-corrected chi connectivity index (χ3v) is 4.52. The third-order valence-electron chi connectivity index (χ3n) is 4.52. The van der Waals surface area contributed by atoms with Crippen molar-refractivity contribution in [2.24, 2.45) is 0 Å². The summed E-state index contributed by atoms with van der Waals surface area (Å²) in [6.07, 6.45) is 1.41. The molecule has 1 N–H and O–H groups in total. The summed E-state index contributed by atoms with van der Waals surface area (Å²) >= 11 is 0. The highest BCUT2D eigenvalue weighted by Gasteiger charge is 2.37. The van der Waals surface area contributed by atoms with E-state index in [1.54, 1.807) is 12.1 Å². The molecule has 0 spiro atoms. The van der Waals surface area contributed by atoms with E-state index in [2.05, 4.69) is 5.32 Å². The molecule has 8 nitrogen and oxygen atoms in total.